The van der Waals surface area contributed by atoms with Crippen molar-refractivity contribution in [2.75, 3.05) is 6.54 Å². The number of carbonyl (C=O) groups is 1. The second kappa shape index (κ2) is 5.90. The summed E-state index contributed by atoms with van der Waals surface area (Å²) < 4.78 is 29.6. The molecule has 1 amide bonds. The van der Waals surface area contributed by atoms with Crippen LogP contribution in [0.1, 0.15) is 37.6 Å². The zero-order chi connectivity index (χ0) is 16.8. The van der Waals surface area contributed by atoms with Crippen molar-refractivity contribution in [2.45, 2.75) is 63.9 Å². The van der Waals surface area contributed by atoms with Gasteiger partial charge in [0.2, 0.25) is 15.9 Å². The molecule has 0 radical (unpaired) electrons. The molecular weight excluding hydrogens is 316 g/mol. The Morgan fingerprint density at radius 1 is 1.39 bits per heavy atom. The van der Waals surface area contributed by atoms with Gasteiger partial charge in [-0.05, 0) is 39.7 Å². The number of nitrogens with one attached hydrogen (secondary N) is 1. The van der Waals surface area contributed by atoms with Crippen molar-refractivity contribution in [3.05, 3.63) is 17.5 Å². The maximum Gasteiger partial charge on any atom is 0.224 e. The Morgan fingerprint density at radius 2 is 2.09 bits per heavy atom. The first-order valence-electron chi connectivity index (χ1n) is 8.08. The van der Waals surface area contributed by atoms with Crippen LogP contribution in [0.3, 0.4) is 0 Å². The van der Waals surface area contributed by atoms with Crippen LogP contribution in [0, 0.1) is 13.8 Å². The van der Waals surface area contributed by atoms with Gasteiger partial charge in [0.15, 0.2) is 0 Å². The standard InChI is InChI=1S/C15H24N4O3S/c1-10-6-12(3)19(16-10)8-11(2)17-23(21,22)14-7-15(20)18(9-14)13-4-5-13/h6,11,13-14,17H,4-5,7-9H2,1-3H3. The van der Waals surface area contributed by atoms with Crippen LogP contribution in [0.2, 0.25) is 0 Å². The maximum absolute atomic E-state index is 12.5. The monoisotopic (exact) mass is 340 g/mol. The number of sulfonamides is 1. The number of aromatic nitrogens is 2. The number of carbonyl (C=O) groups excluding carboxylic acids is 1. The van der Waals surface area contributed by atoms with E-state index in [1.807, 2.05) is 26.8 Å². The second-order valence-corrected chi connectivity index (χ2v) is 8.77. The van der Waals surface area contributed by atoms with Crippen molar-refractivity contribution in [3.8, 4) is 0 Å². The van der Waals surface area contributed by atoms with Crippen molar-refractivity contribution in [1.29, 1.82) is 0 Å². The number of aryl methyl sites for hydroxylation is 2. The van der Waals surface area contributed by atoms with E-state index in [0.29, 0.717) is 13.1 Å². The third-order valence-corrected chi connectivity index (χ3v) is 6.39. The predicted octanol–water partition coefficient (Wildman–Crippen LogP) is 0.571. The summed E-state index contributed by atoms with van der Waals surface area (Å²) in [5.41, 5.74) is 1.92. The molecule has 3 rings (SSSR count). The number of hydrogen-bond acceptors (Lipinski definition) is 4. The molecule has 2 fully saturated rings. The first-order valence-corrected chi connectivity index (χ1v) is 9.62. The molecule has 2 heterocycles. The van der Waals surface area contributed by atoms with Crippen molar-refractivity contribution in [3.63, 3.8) is 0 Å². The zero-order valence-corrected chi connectivity index (χ0v) is 14.6. The minimum absolute atomic E-state index is 0.0333. The molecule has 1 N–H and O–H groups in total. The lowest BCUT2D eigenvalue weighted by atomic mass is 10.3. The molecule has 23 heavy (non-hydrogen) atoms. The van der Waals surface area contributed by atoms with Gasteiger partial charge in [0.1, 0.15) is 5.25 Å². The molecule has 8 heteroatoms. The van der Waals surface area contributed by atoms with Crippen LogP contribution in [0.25, 0.3) is 0 Å². The lowest BCUT2D eigenvalue weighted by molar-refractivity contribution is -0.128. The van der Waals surface area contributed by atoms with Crippen LogP contribution < -0.4 is 4.72 Å². The second-order valence-electron chi connectivity index (χ2n) is 6.78. The summed E-state index contributed by atoms with van der Waals surface area (Å²) in [5, 5.41) is 3.71. The van der Waals surface area contributed by atoms with E-state index in [1.165, 1.54) is 0 Å². The molecule has 2 unspecified atom stereocenters. The average molecular weight is 340 g/mol. The molecule has 7 nitrogen and oxygen atoms in total. The van der Waals surface area contributed by atoms with Gasteiger partial charge in [-0.3, -0.25) is 9.48 Å². The summed E-state index contributed by atoms with van der Waals surface area (Å²) in [6, 6.07) is 1.96. The van der Waals surface area contributed by atoms with E-state index in [1.54, 1.807) is 9.58 Å². The van der Waals surface area contributed by atoms with Crippen LogP contribution in [0.15, 0.2) is 6.07 Å². The van der Waals surface area contributed by atoms with Crippen LogP contribution in [0.5, 0.6) is 0 Å². The molecule has 1 aromatic heterocycles. The van der Waals surface area contributed by atoms with Gasteiger partial charge in [-0.2, -0.15) is 5.10 Å². The molecule has 2 aliphatic rings. The first kappa shape index (κ1) is 16.4. The molecule has 1 aliphatic heterocycles. The van der Waals surface area contributed by atoms with Gasteiger partial charge in [0, 0.05) is 30.7 Å². The lowest BCUT2D eigenvalue weighted by Gasteiger charge is -2.19. The topological polar surface area (TPSA) is 84.3 Å². The Kier molecular flexibility index (Phi) is 4.22. The van der Waals surface area contributed by atoms with Gasteiger partial charge in [0.05, 0.1) is 12.2 Å². The molecule has 1 saturated carbocycles. The highest BCUT2D eigenvalue weighted by Crippen LogP contribution is 2.32. The summed E-state index contributed by atoms with van der Waals surface area (Å²) in [5.74, 6) is -0.0333. The Balaban J connectivity index is 1.61. The minimum atomic E-state index is -3.51. The molecule has 0 aromatic carbocycles. The van der Waals surface area contributed by atoms with E-state index < -0.39 is 15.3 Å². The van der Waals surface area contributed by atoms with Crippen molar-refractivity contribution >= 4 is 15.9 Å². The Bertz CT molecular complexity index is 708. The Hall–Kier alpha value is -1.41. The molecule has 1 aliphatic carbocycles. The molecule has 0 bridgehead atoms. The van der Waals surface area contributed by atoms with Gasteiger partial charge in [0.25, 0.3) is 0 Å². The highest BCUT2D eigenvalue weighted by atomic mass is 32.2. The van der Waals surface area contributed by atoms with Crippen LogP contribution in [0.4, 0.5) is 0 Å². The minimum Gasteiger partial charge on any atom is -0.338 e. The summed E-state index contributed by atoms with van der Waals surface area (Å²) >= 11 is 0. The van der Waals surface area contributed by atoms with Crippen molar-refractivity contribution < 1.29 is 13.2 Å². The highest BCUT2D eigenvalue weighted by Gasteiger charge is 2.44. The highest BCUT2D eigenvalue weighted by molar-refractivity contribution is 7.90. The summed E-state index contributed by atoms with van der Waals surface area (Å²) in [7, 11) is -3.51. The SMILES string of the molecule is Cc1cc(C)n(CC(C)NS(=O)(=O)C2CC(=O)N(C3CC3)C2)n1. The summed E-state index contributed by atoms with van der Waals surface area (Å²) in [6.07, 6.45) is 2.10. The quantitative estimate of drug-likeness (QED) is 0.820. The third kappa shape index (κ3) is 3.58. The molecule has 1 aromatic rings. The smallest absolute Gasteiger partial charge is 0.224 e. The normalized spacial score (nSPS) is 23.5. The molecule has 1 saturated heterocycles. The fourth-order valence-electron chi connectivity index (χ4n) is 3.18. The third-order valence-electron chi connectivity index (χ3n) is 4.47. The number of likely N-dealkylation sites (tertiary alicyclic amines) is 1. The number of amides is 1. The van der Waals surface area contributed by atoms with Gasteiger partial charge in [-0.1, -0.05) is 0 Å². The summed E-state index contributed by atoms with van der Waals surface area (Å²) in [6.45, 7) is 6.49. The molecule has 2 atom stereocenters. The maximum atomic E-state index is 12.5. The largest absolute Gasteiger partial charge is 0.338 e. The molecule has 0 spiro atoms. The van der Waals surface area contributed by atoms with Gasteiger partial charge >= 0.3 is 0 Å². The van der Waals surface area contributed by atoms with Crippen molar-refractivity contribution in [1.82, 2.24) is 19.4 Å². The van der Waals surface area contributed by atoms with Crippen LogP contribution in [-0.2, 0) is 21.4 Å². The van der Waals surface area contributed by atoms with Gasteiger partial charge < -0.3 is 4.90 Å². The number of rotatable bonds is 6. The Labute approximate surface area is 137 Å². The van der Waals surface area contributed by atoms with E-state index in [2.05, 4.69) is 9.82 Å². The number of hydrogen-bond donors (Lipinski definition) is 1. The van der Waals surface area contributed by atoms with Gasteiger partial charge in [-0.25, -0.2) is 13.1 Å². The molecule has 128 valence electrons. The number of nitrogens with zero attached hydrogens (tertiary/aromatic N) is 3. The Morgan fingerprint density at radius 3 is 2.65 bits per heavy atom. The first-order chi connectivity index (χ1) is 10.8. The van der Waals surface area contributed by atoms with E-state index in [9.17, 15) is 13.2 Å². The van der Waals surface area contributed by atoms with Crippen molar-refractivity contribution in [2.24, 2.45) is 0 Å². The summed E-state index contributed by atoms with van der Waals surface area (Å²) in [4.78, 5) is 13.7. The van der Waals surface area contributed by atoms with Crippen LogP contribution >= 0.6 is 0 Å². The molecular formula is C15H24N4O3S. The fraction of sp³-hybridized carbons (Fsp3) is 0.733. The van der Waals surface area contributed by atoms with Crippen LogP contribution in [-0.4, -0.2) is 52.9 Å². The predicted molar refractivity (Wildman–Crippen MR) is 86.4 cm³/mol. The van der Waals surface area contributed by atoms with Gasteiger partial charge in [-0.15, -0.1) is 0 Å². The fourth-order valence-corrected chi connectivity index (χ4v) is 4.72. The van der Waals surface area contributed by atoms with E-state index in [4.69, 9.17) is 0 Å². The van der Waals surface area contributed by atoms with E-state index in [-0.39, 0.29) is 24.4 Å². The lowest BCUT2D eigenvalue weighted by Crippen LogP contribution is -2.43. The van der Waals surface area contributed by atoms with E-state index >= 15 is 0 Å². The van der Waals surface area contributed by atoms with E-state index in [0.717, 1.165) is 24.2 Å². The average Bonchev–Trinajstić information content (AvgIpc) is 3.12. The zero-order valence-electron chi connectivity index (χ0n) is 13.8.